The van der Waals surface area contributed by atoms with Gasteiger partial charge in [0.25, 0.3) is 0 Å². The van der Waals surface area contributed by atoms with E-state index in [-0.39, 0.29) is 0 Å². The van der Waals surface area contributed by atoms with E-state index in [1.807, 2.05) is 36.7 Å². The monoisotopic (exact) mass is 238 g/mol. The Kier molecular flexibility index (Phi) is 3.14. The Bertz CT molecular complexity index is 450. The fourth-order valence-corrected chi connectivity index (χ4v) is 2.88. The van der Waals surface area contributed by atoms with E-state index in [0.717, 1.165) is 21.0 Å². The number of hydrogen-bond acceptors (Lipinski definition) is 4. The summed E-state index contributed by atoms with van der Waals surface area (Å²) >= 11 is 3.02. The van der Waals surface area contributed by atoms with Gasteiger partial charge in [-0.15, -0.1) is 11.3 Å². The average molecular weight is 238 g/mol. The lowest BCUT2D eigenvalue weighted by atomic mass is 9.86. The Morgan fingerprint density at radius 2 is 2.13 bits per heavy atom. The van der Waals surface area contributed by atoms with Crippen molar-refractivity contribution in [3.05, 3.63) is 34.0 Å². The summed E-state index contributed by atoms with van der Waals surface area (Å²) in [6.45, 7) is 3.98. The molecular formula is C10H11BO2S2. The lowest BCUT2D eigenvalue weighted by Crippen LogP contribution is -2.35. The van der Waals surface area contributed by atoms with Gasteiger partial charge in [0.05, 0.1) is 4.78 Å². The minimum Gasteiger partial charge on any atom is -0.524 e. The molecular weight excluding hydrogens is 227 g/mol. The van der Waals surface area contributed by atoms with Crippen molar-refractivity contribution in [2.45, 2.75) is 13.8 Å². The van der Waals surface area contributed by atoms with Crippen LogP contribution in [0.3, 0.4) is 0 Å². The van der Waals surface area contributed by atoms with Crippen LogP contribution >= 0.6 is 22.7 Å². The molecule has 0 aromatic carbocycles. The van der Waals surface area contributed by atoms with Gasteiger partial charge in [-0.25, -0.2) is 0 Å². The summed E-state index contributed by atoms with van der Waals surface area (Å²) in [7, 11) is -0.844. The van der Waals surface area contributed by atoms with Crippen LogP contribution in [-0.2, 0) is 0 Å². The first kappa shape index (κ1) is 10.7. The highest BCUT2D eigenvalue weighted by Crippen LogP contribution is 2.22. The number of aryl methyl sites for hydroxylation is 2. The third-order valence-corrected chi connectivity index (χ3v) is 4.05. The molecule has 0 atom stereocenters. The zero-order valence-corrected chi connectivity index (χ0v) is 10.2. The molecule has 2 aromatic rings. The minimum atomic E-state index is -0.844. The van der Waals surface area contributed by atoms with Crippen LogP contribution in [0.4, 0.5) is 0 Å². The molecule has 1 N–H and O–H groups in total. The van der Waals surface area contributed by atoms with E-state index in [1.54, 1.807) is 0 Å². The Labute approximate surface area is 97.3 Å². The molecule has 2 nitrogen and oxygen atoms in total. The normalized spacial score (nSPS) is 10.3. The zero-order chi connectivity index (χ0) is 10.8. The Balaban J connectivity index is 2.10. The predicted molar refractivity (Wildman–Crippen MR) is 66.3 cm³/mol. The van der Waals surface area contributed by atoms with Gasteiger partial charge in [-0.1, -0.05) is 0 Å². The lowest BCUT2D eigenvalue weighted by molar-refractivity contribution is 0.440. The van der Waals surface area contributed by atoms with Crippen LogP contribution in [0.5, 0.6) is 5.06 Å². The van der Waals surface area contributed by atoms with E-state index >= 15 is 0 Å². The second-order valence-electron chi connectivity index (χ2n) is 3.38. The van der Waals surface area contributed by atoms with Crippen molar-refractivity contribution in [2.75, 3.05) is 0 Å². The van der Waals surface area contributed by atoms with E-state index in [4.69, 9.17) is 4.65 Å². The summed E-state index contributed by atoms with van der Waals surface area (Å²) in [5.74, 6) is 0. The van der Waals surface area contributed by atoms with Crippen molar-refractivity contribution in [3.8, 4) is 5.06 Å². The third kappa shape index (κ3) is 2.42. The van der Waals surface area contributed by atoms with Crippen molar-refractivity contribution >= 4 is 34.6 Å². The summed E-state index contributed by atoms with van der Waals surface area (Å²) in [5.41, 5.74) is 2.23. The largest absolute Gasteiger partial charge is 0.571 e. The summed E-state index contributed by atoms with van der Waals surface area (Å²) in [6.07, 6.45) is 0. The van der Waals surface area contributed by atoms with Crippen LogP contribution in [-0.4, -0.2) is 12.1 Å². The first-order valence-electron chi connectivity index (χ1n) is 4.60. The van der Waals surface area contributed by atoms with E-state index in [9.17, 15) is 5.02 Å². The van der Waals surface area contributed by atoms with Gasteiger partial charge in [0.15, 0.2) is 5.06 Å². The summed E-state index contributed by atoms with van der Waals surface area (Å²) in [4.78, 5) is 0. The van der Waals surface area contributed by atoms with Crippen molar-refractivity contribution in [1.29, 1.82) is 0 Å². The van der Waals surface area contributed by atoms with E-state index in [2.05, 4.69) is 0 Å². The van der Waals surface area contributed by atoms with Gasteiger partial charge in [-0.3, -0.25) is 0 Å². The van der Waals surface area contributed by atoms with E-state index in [1.165, 1.54) is 22.7 Å². The molecule has 2 heterocycles. The molecule has 0 radical (unpaired) electrons. The first-order chi connectivity index (χ1) is 7.16. The minimum absolute atomic E-state index is 0.757. The van der Waals surface area contributed by atoms with Gasteiger partial charge in [0.1, 0.15) is 0 Å². The van der Waals surface area contributed by atoms with E-state index < -0.39 is 7.12 Å². The highest BCUT2D eigenvalue weighted by molar-refractivity contribution is 7.21. The van der Waals surface area contributed by atoms with Gasteiger partial charge < -0.3 is 9.68 Å². The Morgan fingerprint density at radius 1 is 1.33 bits per heavy atom. The number of thiophene rings is 2. The Morgan fingerprint density at radius 3 is 2.67 bits per heavy atom. The molecule has 0 amide bonds. The molecule has 2 aromatic heterocycles. The van der Waals surface area contributed by atoms with Gasteiger partial charge in [-0.05, 0) is 47.9 Å². The summed E-state index contributed by atoms with van der Waals surface area (Å²) < 4.78 is 6.32. The SMILES string of the molecule is Cc1csc(OB(O)c2sccc2C)c1. The van der Waals surface area contributed by atoms with Crippen molar-refractivity contribution < 1.29 is 9.68 Å². The quantitative estimate of drug-likeness (QED) is 0.830. The van der Waals surface area contributed by atoms with Crippen LogP contribution < -0.4 is 9.43 Å². The van der Waals surface area contributed by atoms with Crippen LogP contribution in [0, 0.1) is 13.8 Å². The lowest BCUT2D eigenvalue weighted by Gasteiger charge is -2.06. The topological polar surface area (TPSA) is 29.5 Å². The third-order valence-electron chi connectivity index (χ3n) is 2.06. The first-order valence-corrected chi connectivity index (χ1v) is 6.36. The van der Waals surface area contributed by atoms with Gasteiger partial charge >= 0.3 is 7.12 Å². The highest BCUT2D eigenvalue weighted by Gasteiger charge is 2.22. The molecule has 0 aliphatic rings. The second-order valence-corrected chi connectivity index (χ2v) is 5.20. The standard InChI is InChI=1S/C10H11BO2S2/c1-7-5-9(15-6-7)13-11(12)10-8(2)3-4-14-10/h3-6,12H,1-2H3. The maximum Gasteiger partial charge on any atom is 0.571 e. The van der Waals surface area contributed by atoms with Gasteiger partial charge in [0, 0.05) is 0 Å². The second kappa shape index (κ2) is 4.39. The van der Waals surface area contributed by atoms with Crippen LogP contribution in [0.25, 0.3) is 0 Å². The average Bonchev–Trinajstić information content (AvgIpc) is 2.75. The number of hydrogen-bond donors (Lipinski definition) is 1. The zero-order valence-electron chi connectivity index (χ0n) is 8.56. The fourth-order valence-electron chi connectivity index (χ4n) is 1.27. The van der Waals surface area contributed by atoms with Crippen LogP contribution in [0.15, 0.2) is 22.9 Å². The molecule has 0 aliphatic heterocycles. The number of rotatable bonds is 3. The molecule has 15 heavy (non-hydrogen) atoms. The molecule has 2 rings (SSSR count). The summed E-state index contributed by atoms with van der Waals surface area (Å²) in [6, 6.07) is 3.91. The predicted octanol–water partition coefficient (Wildman–Crippen LogP) is 2.19. The maximum absolute atomic E-state index is 9.85. The van der Waals surface area contributed by atoms with Crippen LogP contribution in [0.2, 0.25) is 0 Å². The summed E-state index contributed by atoms with van der Waals surface area (Å²) in [5, 5.41) is 14.6. The molecule has 0 saturated heterocycles. The van der Waals surface area contributed by atoms with Crippen molar-refractivity contribution in [3.63, 3.8) is 0 Å². The van der Waals surface area contributed by atoms with E-state index in [0.29, 0.717) is 0 Å². The molecule has 0 saturated carbocycles. The molecule has 0 aliphatic carbocycles. The molecule has 78 valence electrons. The molecule has 0 fully saturated rings. The maximum atomic E-state index is 9.85. The van der Waals surface area contributed by atoms with Gasteiger partial charge in [-0.2, -0.15) is 11.3 Å². The molecule has 5 heteroatoms. The molecule has 0 spiro atoms. The van der Waals surface area contributed by atoms with Crippen LogP contribution in [0.1, 0.15) is 11.1 Å². The van der Waals surface area contributed by atoms with Crippen molar-refractivity contribution in [1.82, 2.24) is 0 Å². The molecule has 0 bridgehead atoms. The Hall–Kier alpha value is -0.775. The van der Waals surface area contributed by atoms with Crippen molar-refractivity contribution in [2.24, 2.45) is 0 Å². The highest BCUT2D eigenvalue weighted by atomic mass is 32.1. The smallest absolute Gasteiger partial charge is 0.524 e. The fraction of sp³-hybridized carbons (Fsp3) is 0.200. The molecule has 0 unspecified atom stereocenters. The van der Waals surface area contributed by atoms with Gasteiger partial charge in [0.2, 0.25) is 0 Å².